The Hall–Kier alpha value is -0.390. The highest BCUT2D eigenvalue weighted by Gasteiger charge is 2.22. The Labute approximate surface area is 99.0 Å². The lowest BCUT2D eigenvalue weighted by atomic mass is 9.94. The van der Waals surface area contributed by atoms with Crippen molar-refractivity contribution in [3.63, 3.8) is 0 Å². The number of nitrogens with zero attached hydrogens (tertiary/aromatic N) is 2. The van der Waals surface area contributed by atoms with Crippen molar-refractivity contribution in [1.82, 2.24) is 8.75 Å². The minimum Gasteiger partial charge on any atom is -0.388 e. The summed E-state index contributed by atoms with van der Waals surface area (Å²) in [5.74, 6) is 0.997. The van der Waals surface area contributed by atoms with Crippen molar-refractivity contribution in [2.24, 2.45) is 5.92 Å². The van der Waals surface area contributed by atoms with E-state index in [-0.39, 0.29) is 0 Å². The second-order valence-electron chi connectivity index (χ2n) is 4.35. The van der Waals surface area contributed by atoms with Gasteiger partial charge in [-0.1, -0.05) is 25.4 Å². The van der Waals surface area contributed by atoms with Gasteiger partial charge in [0.15, 0.2) is 11.0 Å². The van der Waals surface area contributed by atoms with E-state index in [1.807, 2.05) is 0 Å². The smallest absolute Gasteiger partial charge is 0.186 e. The summed E-state index contributed by atoms with van der Waals surface area (Å²) in [7, 11) is 0. The number of nitrogens with one attached hydrogen (secondary N) is 1. The summed E-state index contributed by atoms with van der Waals surface area (Å²) in [5, 5.41) is 13.4. The van der Waals surface area contributed by atoms with E-state index in [1.165, 1.54) is 0 Å². The first-order chi connectivity index (χ1) is 6.91. The molecule has 0 saturated heterocycles. The highest BCUT2D eigenvalue weighted by molar-refractivity contribution is 6.99. The number of aromatic nitrogens is 2. The number of rotatable bonds is 5. The van der Waals surface area contributed by atoms with Gasteiger partial charge >= 0.3 is 0 Å². The fourth-order valence-corrected chi connectivity index (χ4v) is 2.19. The number of anilines is 1. The predicted octanol–water partition coefficient (Wildman–Crippen LogP) is 2.40. The first kappa shape index (κ1) is 12.7. The maximum Gasteiger partial charge on any atom is 0.186 e. The van der Waals surface area contributed by atoms with E-state index in [9.17, 15) is 5.11 Å². The van der Waals surface area contributed by atoms with E-state index in [0.717, 1.165) is 18.1 Å². The summed E-state index contributed by atoms with van der Waals surface area (Å²) in [6.07, 6.45) is 0.731. The van der Waals surface area contributed by atoms with Gasteiger partial charge in [0.05, 0.1) is 17.3 Å². The van der Waals surface area contributed by atoms with Gasteiger partial charge in [-0.25, -0.2) is 0 Å². The van der Waals surface area contributed by atoms with Crippen molar-refractivity contribution in [2.45, 2.75) is 32.8 Å². The Morgan fingerprint density at radius 2 is 2.20 bits per heavy atom. The van der Waals surface area contributed by atoms with Crippen LogP contribution in [0.2, 0.25) is 5.15 Å². The van der Waals surface area contributed by atoms with E-state index in [4.69, 9.17) is 11.6 Å². The molecule has 1 aromatic heterocycles. The van der Waals surface area contributed by atoms with Gasteiger partial charge in [-0.15, -0.1) is 0 Å². The van der Waals surface area contributed by atoms with Gasteiger partial charge in [0.2, 0.25) is 0 Å². The molecular formula is C9H16ClN3OS. The zero-order chi connectivity index (χ0) is 11.5. The van der Waals surface area contributed by atoms with Gasteiger partial charge in [0.1, 0.15) is 0 Å². The molecule has 86 valence electrons. The fourth-order valence-electron chi connectivity index (χ4n) is 1.51. The summed E-state index contributed by atoms with van der Waals surface area (Å²) in [4.78, 5) is 0. The van der Waals surface area contributed by atoms with Crippen molar-refractivity contribution >= 4 is 29.1 Å². The third-order valence-electron chi connectivity index (χ3n) is 1.93. The lowest BCUT2D eigenvalue weighted by Gasteiger charge is -2.25. The molecule has 0 fully saturated rings. The summed E-state index contributed by atoms with van der Waals surface area (Å²) >= 11 is 6.82. The second-order valence-corrected chi connectivity index (χ2v) is 5.24. The standard InChI is InChI=1S/C9H16ClN3OS/c1-6(2)4-9(3,14)5-11-8-7(10)12-15-13-8/h6,14H,4-5H2,1-3H3,(H,11,13). The molecule has 2 N–H and O–H groups in total. The normalized spacial score (nSPS) is 15.3. The van der Waals surface area contributed by atoms with Crippen LogP contribution >= 0.6 is 23.3 Å². The average molecular weight is 250 g/mol. The molecule has 0 bridgehead atoms. The SMILES string of the molecule is CC(C)CC(C)(O)CNc1nsnc1Cl. The maximum absolute atomic E-state index is 10.0. The van der Waals surface area contributed by atoms with Gasteiger partial charge in [-0.2, -0.15) is 8.75 Å². The molecule has 1 heterocycles. The summed E-state index contributed by atoms with van der Waals surface area (Å²) < 4.78 is 7.80. The molecule has 1 rings (SSSR count). The Balaban J connectivity index is 2.46. The zero-order valence-corrected chi connectivity index (χ0v) is 10.7. The third kappa shape index (κ3) is 4.32. The number of hydrogen-bond acceptors (Lipinski definition) is 5. The highest BCUT2D eigenvalue weighted by atomic mass is 35.5. The van der Waals surface area contributed by atoms with Crippen molar-refractivity contribution in [2.75, 3.05) is 11.9 Å². The molecule has 0 spiro atoms. The van der Waals surface area contributed by atoms with Crippen molar-refractivity contribution in [1.29, 1.82) is 0 Å². The maximum atomic E-state index is 10.0. The molecule has 0 aliphatic rings. The average Bonchev–Trinajstić information content (AvgIpc) is 2.45. The van der Waals surface area contributed by atoms with Crippen LogP contribution in [0.1, 0.15) is 27.2 Å². The van der Waals surface area contributed by atoms with Crippen LogP contribution in [0.15, 0.2) is 0 Å². The molecule has 15 heavy (non-hydrogen) atoms. The topological polar surface area (TPSA) is 58.0 Å². The van der Waals surface area contributed by atoms with Gasteiger partial charge < -0.3 is 10.4 Å². The van der Waals surface area contributed by atoms with E-state index >= 15 is 0 Å². The molecule has 1 aromatic rings. The van der Waals surface area contributed by atoms with E-state index in [2.05, 4.69) is 27.9 Å². The van der Waals surface area contributed by atoms with Gasteiger partial charge in [-0.3, -0.25) is 0 Å². The molecule has 0 amide bonds. The van der Waals surface area contributed by atoms with Crippen LogP contribution in [0.3, 0.4) is 0 Å². The Morgan fingerprint density at radius 1 is 1.53 bits per heavy atom. The minimum atomic E-state index is -0.749. The molecule has 1 atom stereocenters. The molecule has 0 saturated carbocycles. The third-order valence-corrected chi connectivity index (χ3v) is 2.83. The molecule has 0 aromatic carbocycles. The first-order valence-electron chi connectivity index (χ1n) is 4.85. The summed E-state index contributed by atoms with van der Waals surface area (Å²) in [5.41, 5.74) is -0.749. The van der Waals surface area contributed by atoms with Crippen LogP contribution in [0.4, 0.5) is 5.82 Å². The summed E-state index contributed by atoms with van der Waals surface area (Å²) in [6, 6.07) is 0. The van der Waals surface area contributed by atoms with Gasteiger partial charge in [-0.05, 0) is 19.3 Å². The molecule has 4 nitrogen and oxygen atoms in total. The Morgan fingerprint density at radius 3 is 2.67 bits per heavy atom. The fraction of sp³-hybridized carbons (Fsp3) is 0.778. The van der Waals surface area contributed by atoms with Crippen LogP contribution in [-0.4, -0.2) is 26.0 Å². The predicted molar refractivity (Wildman–Crippen MR) is 63.5 cm³/mol. The largest absolute Gasteiger partial charge is 0.388 e. The van der Waals surface area contributed by atoms with Crippen molar-refractivity contribution in [3.05, 3.63) is 5.15 Å². The minimum absolute atomic E-state index is 0.361. The second kappa shape index (κ2) is 5.09. The van der Waals surface area contributed by atoms with Gasteiger partial charge in [0, 0.05) is 6.54 Å². The summed E-state index contributed by atoms with van der Waals surface area (Å²) in [6.45, 7) is 6.38. The number of aliphatic hydroxyl groups is 1. The van der Waals surface area contributed by atoms with Crippen LogP contribution in [0, 0.1) is 5.92 Å². The number of halogens is 1. The zero-order valence-electron chi connectivity index (χ0n) is 9.12. The molecule has 1 unspecified atom stereocenters. The van der Waals surface area contributed by atoms with Gasteiger partial charge in [0.25, 0.3) is 0 Å². The molecule has 0 aliphatic carbocycles. The highest BCUT2D eigenvalue weighted by Crippen LogP contribution is 2.21. The van der Waals surface area contributed by atoms with Crippen LogP contribution < -0.4 is 5.32 Å². The Bertz CT molecular complexity index is 314. The first-order valence-corrected chi connectivity index (χ1v) is 5.96. The van der Waals surface area contributed by atoms with Crippen molar-refractivity contribution < 1.29 is 5.11 Å². The lowest BCUT2D eigenvalue weighted by Crippen LogP contribution is -2.35. The molecule has 0 radical (unpaired) electrons. The lowest BCUT2D eigenvalue weighted by molar-refractivity contribution is 0.0515. The van der Waals surface area contributed by atoms with Crippen LogP contribution in [0.25, 0.3) is 0 Å². The Kier molecular flexibility index (Phi) is 4.31. The van der Waals surface area contributed by atoms with E-state index in [1.54, 1.807) is 6.92 Å². The molecule has 0 aliphatic heterocycles. The van der Waals surface area contributed by atoms with Crippen LogP contribution in [0.5, 0.6) is 0 Å². The molecular weight excluding hydrogens is 234 g/mol. The van der Waals surface area contributed by atoms with E-state index in [0.29, 0.717) is 23.4 Å². The van der Waals surface area contributed by atoms with Crippen molar-refractivity contribution in [3.8, 4) is 0 Å². The monoisotopic (exact) mass is 249 g/mol. The number of hydrogen-bond donors (Lipinski definition) is 2. The van der Waals surface area contributed by atoms with Crippen LogP contribution in [-0.2, 0) is 0 Å². The quantitative estimate of drug-likeness (QED) is 0.842. The van der Waals surface area contributed by atoms with E-state index < -0.39 is 5.60 Å². The molecule has 6 heteroatoms.